The van der Waals surface area contributed by atoms with Crippen LogP contribution in [0.4, 0.5) is 11.4 Å². The lowest BCUT2D eigenvalue weighted by atomic mass is 10.2. The SMILES string of the molecule is O=C(Nc1ccc(N2CCCS2(=O)=O)cc1)c1ccc(Cl)c(S(=O)(=O)N2CCCCC2)c1. The molecule has 0 bridgehead atoms. The third-order valence-electron chi connectivity index (χ3n) is 5.64. The van der Waals surface area contributed by atoms with Crippen LogP contribution in [0, 0.1) is 0 Å². The predicted molar refractivity (Wildman–Crippen MR) is 124 cm³/mol. The van der Waals surface area contributed by atoms with Gasteiger partial charge in [0.1, 0.15) is 4.90 Å². The van der Waals surface area contributed by atoms with E-state index < -0.39 is 26.0 Å². The van der Waals surface area contributed by atoms with Crippen molar-refractivity contribution in [1.29, 1.82) is 0 Å². The van der Waals surface area contributed by atoms with Crippen molar-refractivity contribution in [2.24, 2.45) is 0 Å². The van der Waals surface area contributed by atoms with Gasteiger partial charge in [-0.05, 0) is 61.7 Å². The Morgan fingerprint density at radius 1 is 0.938 bits per heavy atom. The largest absolute Gasteiger partial charge is 0.322 e. The number of nitrogens with zero attached hydrogens (tertiary/aromatic N) is 2. The first-order valence-electron chi connectivity index (χ1n) is 10.4. The van der Waals surface area contributed by atoms with Crippen LogP contribution >= 0.6 is 11.6 Å². The van der Waals surface area contributed by atoms with Crippen molar-refractivity contribution in [1.82, 2.24) is 4.31 Å². The van der Waals surface area contributed by atoms with E-state index in [0.717, 1.165) is 19.3 Å². The summed E-state index contributed by atoms with van der Waals surface area (Å²) in [6, 6.07) is 10.7. The summed E-state index contributed by atoms with van der Waals surface area (Å²) in [5.41, 5.74) is 1.17. The summed E-state index contributed by atoms with van der Waals surface area (Å²) in [6.45, 7) is 1.31. The Morgan fingerprint density at radius 3 is 2.25 bits per heavy atom. The first kappa shape index (κ1) is 23.0. The predicted octanol–water partition coefficient (Wildman–Crippen LogP) is 3.31. The second-order valence-electron chi connectivity index (χ2n) is 7.85. The minimum absolute atomic E-state index is 0.0725. The molecule has 0 saturated carbocycles. The number of hydrogen-bond acceptors (Lipinski definition) is 5. The van der Waals surface area contributed by atoms with Crippen molar-refractivity contribution in [3.05, 3.63) is 53.1 Å². The Labute approximate surface area is 193 Å². The summed E-state index contributed by atoms with van der Waals surface area (Å²) < 4.78 is 52.9. The van der Waals surface area contributed by atoms with Crippen molar-refractivity contribution in [3.8, 4) is 0 Å². The monoisotopic (exact) mass is 497 g/mol. The molecule has 2 aliphatic rings. The molecule has 2 fully saturated rings. The minimum Gasteiger partial charge on any atom is -0.322 e. The van der Waals surface area contributed by atoms with Crippen LogP contribution in [0.15, 0.2) is 47.4 Å². The maximum absolute atomic E-state index is 13.0. The van der Waals surface area contributed by atoms with Gasteiger partial charge in [-0.2, -0.15) is 4.31 Å². The van der Waals surface area contributed by atoms with E-state index in [4.69, 9.17) is 11.6 Å². The summed E-state index contributed by atoms with van der Waals surface area (Å²) in [4.78, 5) is 12.7. The smallest absolute Gasteiger partial charge is 0.255 e. The second kappa shape index (κ2) is 9.01. The lowest BCUT2D eigenvalue weighted by molar-refractivity contribution is 0.102. The van der Waals surface area contributed by atoms with Gasteiger partial charge in [-0.15, -0.1) is 0 Å². The fourth-order valence-corrected chi connectivity index (χ4v) is 7.51. The molecule has 11 heteroatoms. The number of nitrogens with one attached hydrogen (secondary N) is 1. The molecular weight excluding hydrogens is 474 g/mol. The number of sulfonamides is 2. The first-order chi connectivity index (χ1) is 15.2. The molecule has 1 amide bonds. The highest BCUT2D eigenvalue weighted by Gasteiger charge is 2.29. The topological polar surface area (TPSA) is 104 Å². The van der Waals surface area contributed by atoms with Crippen molar-refractivity contribution in [2.75, 3.05) is 35.0 Å². The van der Waals surface area contributed by atoms with Gasteiger partial charge in [-0.1, -0.05) is 18.0 Å². The number of halogens is 1. The van der Waals surface area contributed by atoms with Gasteiger partial charge >= 0.3 is 0 Å². The lowest BCUT2D eigenvalue weighted by Crippen LogP contribution is -2.35. The Kier molecular flexibility index (Phi) is 6.49. The van der Waals surface area contributed by atoms with E-state index >= 15 is 0 Å². The van der Waals surface area contributed by atoms with Crippen LogP contribution in [0.25, 0.3) is 0 Å². The number of rotatable bonds is 5. The van der Waals surface area contributed by atoms with Crippen molar-refractivity contribution in [2.45, 2.75) is 30.6 Å². The molecule has 0 radical (unpaired) electrons. The second-order valence-corrected chi connectivity index (χ2v) is 12.2. The van der Waals surface area contributed by atoms with Crippen LogP contribution < -0.4 is 9.62 Å². The molecule has 2 saturated heterocycles. The van der Waals surface area contributed by atoms with E-state index in [0.29, 0.717) is 37.4 Å². The van der Waals surface area contributed by atoms with Gasteiger partial charge in [0.15, 0.2) is 0 Å². The zero-order valence-electron chi connectivity index (χ0n) is 17.3. The third kappa shape index (κ3) is 4.63. The molecule has 2 aromatic carbocycles. The molecule has 2 heterocycles. The summed E-state index contributed by atoms with van der Waals surface area (Å²) in [5, 5.41) is 2.79. The maximum atomic E-state index is 13.0. The van der Waals surface area contributed by atoms with Crippen LogP contribution in [0.5, 0.6) is 0 Å². The fourth-order valence-electron chi connectivity index (χ4n) is 3.93. The molecule has 0 unspecified atom stereocenters. The fraction of sp³-hybridized carbons (Fsp3) is 0.381. The number of hydrogen-bond donors (Lipinski definition) is 1. The highest BCUT2D eigenvalue weighted by atomic mass is 35.5. The van der Waals surface area contributed by atoms with Crippen LogP contribution in [-0.2, 0) is 20.0 Å². The van der Waals surface area contributed by atoms with E-state index in [1.165, 1.54) is 26.8 Å². The van der Waals surface area contributed by atoms with E-state index in [-0.39, 0.29) is 21.2 Å². The molecule has 2 aromatic rings. The third-order valence-corrected chi connectivity index (χ3v) is 9.89. The maximum Gasteiger partial charge on any atom is 0.255 e. The normalized spacial score (nSPS) is 19.1. The van der Waals surface area contributed by atoms with Gasteiger partial charge in [0.25, 0.3) is 5.91 Å². The number of amides is 1. The van der Waals surface area contributed by atoms with Gasteiger partial charge in [-0.3, -0.25) is 9.10 Å². The van der Waals surface area contributed by atoms with Gasteiger partial charge < -0.3 is 5.32 Å². The zero-order valence-corrected chi connectivity index (χ0v) is 19.7. The Bertz CT molecular complexity index is 1220. The molecular formula is C21H24ClN3O5S2. The number of carbonyl (C=O) groups excluding carboxylic acids is 1. The molecule has 0 aliphatic carbocycles. The van der Waals surface area contributed by atoms with Gasteiger partial charge in [0, 0.05) is 30.9 Å². The molecule has 4 rings (SSSR count). The molecule has 8 nitrogen and oxygen atoms in total. The average Bonchev–Trinajstić information content (AvgIpc) is 3.14. The molecule has 32 heavy (non-hydrogen) atoms. The van der Waals surface area contributed by atoms with Gasteiger partial charge in [0.05, 0.1) is 16.5 Å². The standard InChI is InChI=1S/C21H24ClN3O5S2/c22-19-10-5-16(15-20(19)32(29,30)24-11-2-1-3-12-24)21(26)23-17-6-8-18(9-7-17)25-13-4-14-31(25,27)28/h5-10,15H,1-4,11-14H2,(H,23,26). The van der Waals surface area contributed by atoms with E-state index in [1.54, 1.807) is 24.3 Å². The molecule has 0 atom stereocenters. The molecule has 0 aromatic heterocycles. The van der Waals surface area contributed by atoms with E-state index in [2.05, 4.69) is 5.32 Å². The molecule has 172 valence electrons. The molecule has 0 spiro atoms. The van der Waals surface area contributed by atoms with Crippen LogP contribution in [0.2, 0.25) is 5.02 Å². The summed E-state index contributed by atoms with van der Waals surface area (Å²) >= 11 is 6.18. The average molecular weight is 498 g/mol. The van der Waals surface area contributed by atoms with E-state index in [1.807, 2.05) is 0 Å². The molecule has 1 N–H and O–H groups in total. The Balaban J connectivity index is 1.52. The van der Waals surface area contributed by atoms with Crippen molar-refractivity contribution >= 4 is 48.9 Å². The number of benzene rings is 2. The van der Waals surface area contributed by atoms with E-state index in [9.17, 15) is 21.6 Å². The first-order valence-corrected chi connectivity index (χ1v) is 13.8. The Morgan fingerprint density at radius 2 is 1.62 bits per heavy atom. The van der Waals surface area contributed by atoms with Crippen LogP contribution in [-0.4, -0.2) is 52.4 Å². The Hall–Kier alpha value is -2.14. The molecule has 2 aliphatic heterocycles. The highest BCUT2D eigenvalue weighted by molar-refractivity contribution is 7.93. The van der Waals surface area contributed by atoms with Crippen LogP contribution in [0.3, 0.4) is 0 Å². The quantitative estimate of drug-likeness (QED) is 0.682. The number of piperidine rings is 1. The van der Waals surface area contributed by atoms with Gasteiger partial charge in [-0.25, -0.2) is 16.8 Å². The highest BCUT2D eigenvalue weighted by Crippen LogP contribution is 2.29. The summed E-state index contributed by atoms with van der Waals surface area (Å²) in [7, 11) is -7.07. The summed E-state index contributed by atoms with van der Waals surface area (Å²) in [6.07, 6.45) is 3.17. The minimum atomic E-state index is -3.79. The van der Waals surface area contributed by atoms with Gasteiger partial charge in [0.2, 0.25) is 20.0 Å². The van der Waals surface area contributed by atoms with Crippen LogP contribution in [0.1, 0.15) is 36.0 Å². The zero-order chi connectivity index (χ0) is 22.9. The number of carbonyl (C=O) groups is 1. The van der Waals surface area contributed by atoms with Crippen molar-refractivity contribution in [3.63, 3.8) is 0 Å². The number of anilines is 2. The van der Waals surface area contributed by atoms with Crippen molar-refractivity contribution < 1.29 is 21.6 Å². The summed E-state index contributed by atoms with van der Waals surface area (Å²) in [5.74, 6) is -0.358. The lowest BCUT2D eigenvalue weighted by Gasteiger charge is -2.26.